The first kappa shape index (κ1) is 14.9. The van der Waals surface area contributed by atoms with Gasteiger partial charge < -0.3 is 10.2 Å². The molecule has 2 rings (SSSR count). The summed E-state index contributed by atoms with van der Waals surface area (Å²) < 4.78 is 5.81. The second-order valence-corrected chi connectivity index (χ2v) is 6.32. The second-order valence-electron chi connectivity index (χ2n) is 6.32. The van der Waals surface area contributed by atoms with E-state index in [1.54, 1.807) is 0 Å². The Morgan fingerprint density at radius 3 is 2.40 bits per heavy atom. The van der Waals surface area contributed by atoms with Gasteiger partial charge in [0.15, 0.2) is 5.58 Å². The third-order valence-corrected chi connectivity index (χ3v) is 3.06. The molecule has 0 aliphatic rings. The quantitative estimate of drug-likeness (QED) is 0.819. The van der Waals surface area contributed by atoms with Gasteiger partial charge in [0, 0.05) is 18.8 Å². The summed E-state index contributed by atoms with van der Waals surface area (Å²) in [5.41, 5.74) is 8.15. The number of fused-ring (bicyclic) bond motifs is 1. The van der Waals surface area contributed by atoms with Crippen LogP contribution in [0.3, 0.4) is 0 Å². The number of benzene rings is 1. The Balaban J connectivity index is 2.14. The van der Waals surface area contributed by atoms with Crippen LogP contribution >= 0.6 is 0 Å². The predicted molar refractivity (Wildman–Crippen MR) is 83.4 cm³/mol. The Labute approximate surface area is 121 Å². The zero-order valence-corrected chi connectivity index (χ0v) is 12.9. The molecule has 0 aliphatic heterocycles. The van der Waals surface area contributed by atoms with Gasteiger partial charge in [0.25, 0.3) is 0 Å². The number of anilines is 1. The summed E-state index contributed by atoms with van der Waals surface area (Å²) >= 11 is 0. The van der Waals surface area contributed by atoms with Gasteiger partial charge in [-0.15, -0.1) is 0 Å². The molecule has 4 nitrogen and oxygen atoms in total. The van der Waals surface area contributed by atoms with Gasteiger partial charge in [-0.2, -0.15) is 0 Å². The Morgan fingerprint density at radius 1 is 1.15 bits per heavy atom. The Bertz CT molecular complexity index is 550. The standard InChI is InChI=1S/C16H25N3O/c1-11(2)8-19(9-12(3)4)10-16-18-14-7-13(17)5-6-15(14)20-16/h5-7,11-12H,8-10,17H2,1-4H3. The molecule has 0 saturated heterocycles. The lowest BCUT2D eigenvalue weighted by Crippen LogP contribution is -2.31. The predicted octanol–water partition coefficient (Wildman–Crippen LogP) is 3.52. The molecule has 0 saturated carbocycles. The van der Waals surface area contributed by atoms with E-state index in [4.69, 9.17) is 10.2 Å². The van der Waals surface area contributed by atoms with Crippen LogP contribution in [-0.2, 0) is 6.54 Å². The highest BCUT2D eigenvalue weighted by molar-refractivity contribution is 5.76. The molecule has 2 N–H and O–H groups in total. The number of aromatic nitrogens is 1. The zero-order chi connectivity index (χ0) is 14.7. The van der Waals surface area contributed by atoms with Crippen molar-refractivity contribution in [2.75, 3.05) is 18.8 Å². The topological polar surface area (TPSA) is 55.3 Å². The van der Waals surface area contributed by atoms with Crippen LogP contribution in [0.25, 0.3) is 11.1 Å². The maximum atomic E-state index is 5.81. The van der Waals surface area contributed by atoms with Crippen molar-refractivity contribution in [3.8, 4) is 0 Å². The maximum absolute atomic E-state index is 5.81. The fourth-order valence-corrected chi connectivity index (χ4v) is 2.49. The highest BCUT2D eigenvalue weighted by Crippen LogP contribution is 2.19. The van der Waals surface area contributed by atoms with Crippen LogP contribution in [0.5, 0.6) is 0 Å². The smallest absolute Gasteiger partial charge is 0.209 e. The van der Waals surface area contributed by atoms with E-state index in [-0.39, 0.29) is 0 Å². The van der Waals surface area contributed by atoms with Crippen LogP contribution in [0.2, 0.25) is 0 Å². The monoisotopic (exact) mass is 275 g/mol. The first-order valence-corrected chi connectivity index (χ1v) is 7.31. The minimum atomic E-state index is 0.633. The van der Waals surface area contributed by atoms with E-state index in [9.17, 15) is 0 Å². The van der Waals surface area contributed by atoms with E-state index in [0.717, 1.165) is 42.3 Å². The van der Waals surface area contributed by atoms with E-state index in [1.165, 1.54) is 0 Å². The van der Waals surface area contributed by atoms with Gasteiger partial charge in [0.1, 0.15) is 5.52 Å². The molecule has 0 radical (unpaired) electrons. The van der Waals surface area contributed by atoms with Crippen molar-refractivity contribution >= 4 is 16.8 Å². The number of oxazole rings is 1. The summed E-state index contributed by atoms with van der Waals surface area (Å²) in [7, 11) is 0. The van der Waals surface area contributed by atoms with Crippen LogP contribution in [0.4, 0.5) is 5.69 Å². The molecule has 4 heteroatoms. The second kappa shape index (κ2) is 6.27. The van der Waals surface area contributed by atoms with Crippen molar-refractivity contribution in [2.24, 2.45) is 11.8 Å². The molecule has 0 unspecified atom stereocenters. The molecule has 0 spiro atoms. The van der Waals surface area contributed by atoms with Gasteiger partial charge in [-0.3, -0.25) is 4.90 Å². The van der Waals surface area contributed by atoms with Gasteiger partial charge in [-0.25, -0.2) is 4.98 Å². The van der Waals surface area contributed by atoms with Gasteiger partial charge in [0.2, 0.25) is 5.89 Å². The molecule has 1 heterocycles. The molecule has 2 aromatic rings. The average molecular weight is 275 g/mol. The molecule has 1 aromatic heterocycles. The van der Waals surface area contributed by atoms with E-state index < -0.39 is 0 Å². The van der Waals surface area contributed by atoms with Gasteiger partial charge in [0.05, 0.1) is 6.54 Å². The summed E-state index contributed by atoms with van der Waals surface area (Å²) in [6.45, 7) is 11.8. The fraction of sp³-hybridized carbons (Fsp3) is 0.562. The minimum Gasteiger partial charge on any atom is -0.439 e. The summed E-state index contributed by atoms with van der Waals surface area (Å²) in [5.74, 6) is 2.04. The number of hydrogen-bond acceptors (Lipinski definition) is 4. The van der Waals surface area contributed by atoms with E-state index >= 15 is 0 Å². The number of rotatable bonds is 6. The van der Waals surface area contributed by atoms with E-state index in [0.29, 0.717) is 11.8 Å². The average Bonchev–Trinajstić information content (AvgIpc) is 2.68. The van der Waals surface area contributed by atoms with Gasteiger partial charge in [-0.1, -0.05) is 27.7 Å². The van der Waals surface area contributed by atoms with Crippen molar-refractivity contribution in [3.63, 3.8) is 0 Å². The summed E-state index contributed by atoms with van der Waals surface area (Å²) in [4.78, 5) is 6.95. The normalized spacial score (nSPS) is 12.2. The minimum absolute atomic E-state index is 0.633. The van der Waals surface area contributed by atoms with Crippen LogP contribution in [-0.4, -0.2) is 23.0 Å². The van der Waals surface area contributed by atoms with Crippen molar-refractivity contribution < 1.29 is 4.42 Å². The van der Waals surface area contributed by atoms with Gasteiger partial charge in [-0.05, 0) is 30.0 Å². The Kier molecular flexibility index (Phi) is 4.65. The van der Waals surface area contributed by atoms with Gasteiger partial charge >= 0.3 is 0 Å². The van der Waals surface area contributed by atoms with Crippen molar-refractivity contribution in [2.45, 2.75) is 34.2 Å². The van der Waals surface area contributed by atoms with E-state index in [2.05, 4.69) is 37.6 Å². The van der Waals surface area contributed by atoms with E-state index in [1.807, 2.05) is 18.2 Å². The lowest BCUT2D eigenvalue weighted by atomic mass is 10.1. The molecule has 0 atom stereocenters. The van der Waals surface area contributed by atoms with Crippen molar-refractivity contribution in [1.29, 1.82) is 0 Å². The van der Waals surface area contributed by atoms with Crippen molar-refractivity contribution in [3.05, 3.63) is 24.1 Å². The van der Waals surface area contributed by atoms with Crippen LogP contribution < -0.4 is 5.73 Å². The molecule has 0 amide bonds. The number of nitrogens with two attached hydrogens (primary N) is 1. The number of nitrogens with zero attached hydrogens (tertiary/aromatic N) is 2. The molecule has 110 valence electrons. The third-order valence-electron chi connectivity index (χ3n) is 3.06. The number of nitrogen functional groups attached to an aromatic ring is 1. The van der Waals surface area contributed by atoms with Crippen LogP contribution in [0.15, 0.2) is 22.6 Å². The largest absolute Gasteiger partial charge is 0.439 e. The molecule has 1 aromatic carbocycles. The molecular weight excluding hydrogens is 250 g/mol. The first-order chi connectivity index (χ1) is 9.44. The highest BCUT2D eigenvalue weighted by atomic mass is 16.3. The first-order valence-electron chi connectivity index (χ1n) is 7.31. The lowest BCUT2D eigenvalue weighted by Gasteiger charge is -2.24. The summed E-state index contributed by atoms with van der Waals surface area (Å²) in [5, 5.41) is 0. The zero-order valence-electron chi connectivity index (χ0n) is 12.9. The molecule has 20 heavy (non-hydrogen) atoms. The maximum Gasteiger partial charge on any atom is 0.209 e. The molecular formula is C16H25N3O. The van der Waals surface area contributed by atoms with Crippen LogP contribution in [0.1, 0.15) is 33.6 Å². The molecule has 0 fully saturated rings. The molecule has 0 bridgehead atoms. The lowest BCUT2D eigenvalue weighted by molar-refractivity contribution is 0.195. The SMILES string of the molecule is CC(C)CN(Cc1nc2cc(N)ccc2o1)CC(C)C. The third kappa shape index (κ3) is 3.97. The van der Waals surface area contributed by atoms with Crippen LogP contribution in [0, 0.1) is 11.8 Å². The fourth-order valence-electron chi connectivity index (χ4n) is 2.49. The number of hydrogen-bond donors (Lipinski definition) is 1. The highest BCUT2D eigenvalue weighted by Gasteiger charge is 2.14. The summed E-state index contributed by atoms with van der Waals surface area (Å²) in [6.07, 6.45) is 0. The summed E-state index contributed by atoms with van der Waals surface area (Å²) in [6, 6.07) is 5.59. The van der Waals surface area contributed by atoms with Crippen molar-refractivity contribution in [1.82, 2.24) is 9.88 Å². The molecule has 0 aliphatic carbocycles. The Morgan fingerprint density at radius 2 is 1.80 bits per heavy atom. The Hall–Kier alpha value is -1.55.